The van der Waals surface area contributed by atoms with E-state index in [-0.39, 0.29) is 12.0 Å². The van der Waals surface area contributed by atoms with E-state index in [1.54, 1.807) is 22.9 Å². The van der Waals surface area contributed by atoms with Crippen molar-refractivity contribution >= 4 is 23.6 Å². The van der Waals surface area contributed by atoms with Crippen molar-refractivity contribution in [1.82, 2.24) is 14.7 Å². The van der Waals surface area contributed by atoms with E-state index < -0.39 is 6.10 Å². The molecule has 0 radical (unpaired) electrons. The van der Waals surface area contributed by atoms with Crippen LogP contribution in [0.2, 0.25) is 5.02 Å². The maximum atomic E-state index is 12.1. The summed E-state index contributed by atoms with van der Waals surface area (Å²) in [5, 5.41) is 0.549. The predicted molar refractivity (Wildman–Crippen MR) is 102 cm³/mol. The first-order valence-electron chi connectivity index (χ1n) is 9.32. The first-order valence-corrected chi connectivity index (χ1v) is 9.70. The number of rotatable bonds is 5. The van der Waals surface area contributed by atoms with Gasteiger partial charge in [0.2, 0.25) is 0 Å². The summed E-state index contributed by atoms with van der Waals surface area (Å²) in [6.45, 7) is 6.35. The van der Waals surface area contributed by atoms with Crippen molar-refractivity contribution in [3.8, 4) is 5.75 Å². The van der Waals surface area contributed by atoms with E-state index in [0.29, 0.717) is 50.0 Å². The quantitative estimate of drug-likeness (QED) is 0.765. The first-order chi connectivity index (χ1) is 13.0. The molecular weight excluding hydrogens is 370 g/mol. The Morgan fingerprint density at radius 3 is 2.59 bits per heavy atom. The van der Waals surface area contributed by atoms with Crippen LogP contribution in [0.25, 0.3) is 0 Å². The summed E-state index contributed by atoms with van der Waals surface area (Å²) >= 11 is 6.55. The number of amides is 2. The van der Waals surface area contributed by atoms with Gasteiger partial charge in [0.1, 0.15) is 5.75 Å². The maximum Gasteiger partial charge on any atom is 0.409 e. The minimum Gasteiger partial charge on any atom is -0.479 e. The molecule has 1 atom stereocenters. The normalized spacial score (nSPS) is 20.9. The smallest absolute Gasteiger partial charge is 0.409 e. The second kappa shape index (κ2) is 8.80. The van der Waals surface area contributed by atoms with Crippen LogP contribution in [-0.2, 0) is 16.1 Å². The van der Waals surface area contributed by atoms with Gasteiger partial charge in [0, 0.05) is 52.7 Å². The molecule has 2 amide bonds. The summed E-state index contributed by atoms with van der Waals surface area (Å²) in [5.74, 6) is 0.541. The Morgan fingerprint density at radius 2 is 1.96 bits per heavy atom. The number of benzene rings is 1. The van der Waals surface area contributed by atoms with Crippen LogP contribution in [0, 0.1) is 0 Å². The molecule has 2 aliphatic heterocycles. The predicted octanol–water partition coefficient (Wildman–Crippen LogP) is 2.22. The molecule has 0 spiro atoms. The van der Waals surface area contributed by atoms with E-state index in [0.717, 1.165) is 18.7 Å². The van der Waals surface area contributed by atoms with Gasteiger partial charge < -0.3 is 19.3 Å². The summed E-state index contributed by atoms with van der Waals surface area (Å²) in [5.41, 5.74) is 0.956. The van der Waals surface area contributed by atoms with Crippen LogP contribution in [0.4, 0.5) is 4.79 Å². The van der Waals surface area contributed by atoms with Gasteiger partial charge in [0.25, 0.3) is 5.91 Å². The van der Waals surface area contributed by atoms with Gasteiger partial charge in [-0.3, -0.25) is 9.69 Å². The summed E-state index contributed by atoms with van der Waals surface area (Å²) in [6, 6.07) is 5.67. The van der Waals surface area contributed by atoms with Crippen LogP contribution in [0.1, 0.15) is 18.9 Å². The van der Waals surface area contributed by atoms with Gasteiger partial charge in [-0.25, -0.2) is 4.79 Å². The largest absolute Gasteiger partial charge is 0.479 e. The number of likely N-dealkylation sites (N-methyl/N-ethyl adjacent to an activating group) is 1. The Labute approximate surface area is 164 Å². The number of nitrogens with zero attached hydrogens (tertiary/aromatic N) is 3. The monoisotopic (exact) mass is 395 g/mol. The van der Waals surface area contributed by atoms with Gasteiger partial charge in [-0.05, 0) is 18.6 Å². The number of hydrogen-bond donors (Lipinski definition) is 0. The zero-order valence-electron chi connectivity index (χ0n) is 15.8. The molecule has 0 N–H and O–H groups in total. The molecule has 27 heavy (non-hydrogen) atoms. The highest BCUT2D eigenvalue weighted by atomic mass is 35.5. The van der Waals surface area contributed by atoms with Crippen molar-refractivity contribution in [3.05, 3.63) is 28.8 Å². The van der Waals surface area contributed by atoms with E-state index in [1.165, 1.54) is 0 Å². The third-order valence-corrected chi connectivity index (χ3v) is 5.41. The molecule has 0 aromatic heterocycles. The fourth-order valence-electron chi connectivity index (χ4n) is 3.37. The Balaban J connectivity index is 1.58. The Bertz CT molecular complexity index is 692. The Hall–Kier alpha value is -1.99. The highest BCUT2D eigenvalue weighted by Gasteiger charge is 2.31. The molecular formula is C19H26ClN3O4. The summed E-state index contributed by atoms with van der Waals surface area (Å²) in [7, 11) is 1.78. The molecule has 0 bridgehead atoms. The average molecular weight is 396 g/mol. The molecule has 1 unspecified atom stereocenters. The minimum absolute atomic E-state index is 0.00782. The maximum absolute atomic E-state index is 12.1. The minimum atomic E-state index is -0.462. The van der Waals surface area contributed by atoms with Gasteiger partial charge >= 0.3 is 6.09 Å². The molecule has 1 aromatic carbocycles. The van der Waals surface area contributed by atoms with Gasteiger partial charge in [0.05, 0.1) is 11.6 Å². The van der Waals surface area contributed by atoms with Crippen molar-refractivity contribution in [2.24, 2.45) is 0 Å². The molecule has 7 nitrogen and oxygen atoms in total. The van der Waals surface area contributed by atoms with Crippen molar-refractivity contribution < 1.29 is 19.1 Å². The second-order valence-electron chi connectivity index (χ2n) is 6.85. The van der Waals surface area contributed by atoms with Crippen molar-refractivity contribution in [2.45, 2.75) is 26.0 Å². The number of hydrogen-bond acceptors (Lipinski definition) is 5. The fourth-order valence-corrected chi connectivity index (χ4v) is 3.60. The van der Waals surface area contributed by atoms with Crippen molar-refractivity contribution in [3.63, 3.8) is 0 Å². The van der Waals surface area contributed by atoms with Gasteiger partial charge in [-0.2, -0.15) is 0 Å². The molecule has 2 aliphatic rings. The lowest BCUT2D eigenvalue weighted by molar-refractivity contribution is -0.132. The lowest BCUT2D eigenvalue weighted by Crippen LogP contribution is -2.48. The topological polar surface area (TPSA) is 62.3 Å². The van der Waals surface area contributed by atoms with Gasteiger partial charge in [-0.15, -0.1) is 0 Å². The number of carbonyl (C=O) groups is 2. The van der Waals surface area contributed by atoms with E-state index in [1.807, 2.05) is 19.1 Å². The zero-order valence-corrected chi connectivity index (χ0v) is 16.6. The van der Waals surface area contributed by atoms with Crippen LogP contribution in [0.3, 0.4) is 0 Å². The third-order valence-electron chi connectivity index (χ3n) is 4.98. The second-order valence-corrected chi connectivity index (χ2v) is 7.22. The number of piperazine rings is 1. The van der Waals surface area contributed by atoms with E-state index in [2.05, 4.69) is 4.90 Å². The highest BCUT2D eigenvalue weighted by Crippen LogP contribution is 2.31. The number of halogens is 1. The molecule has 1 aromatic rings. The zero-order chi connectivity index (χ0) is 19.4. The number of carbonyl (C=O) groups excluding carboxylic acids is 2. The van der Waals surface area contributed by atoms with Crippen LogP contribution in [0.5, 0.6) is 5.75 Å². The fraction of sp³-hybridized carbons (Fsp3) is 0.579. The van der Waals surface area contributed by atoms with Gasteiger partial charge in [0.15, 0.2) is 6.10 Å². The third kappa shape index (κ3) is 4.65. The van der Waals surface area contributed by atoms with Gasteiger partial charge in [-0.1, -0.05) is 23.7 Å². The summed E-state index contributed by atoms with van der Waals surface area (Å²) < 4.78 is 10.9. The van der Waals surface area contributed by atoms with Crippen LogP contribution in [-0.4, -0.2) is 79.2 Å². The van der Waals surface area contributed by atoms with Crippen molar-refractivity contribution in [1.29, 1.82) is 0 Å². The number of ether oxygens (including phenoxy) is 2. The molecule has 2 fully saturated rings. The highest BCUT2D eigenvalue weighted by molar-refractivity contribution is 6.32. The number of likely N-dealkylation sites (tertiary alicyclic amines) is 1. The van der Waals surface area contributed by atoms with Crippen LogP contribution >= 0.6 is 11.6 Å². The molecule has 2 heterocycles. The summed E-state index contributed by atoms with van der Waals surface area (Å²) in [4.78, 5) is 29.5. The van der Waals surface area contributed by atoms with E-state index in [9.17, 15) is 9.59 Å². The summed E-state index contributed by atoms with van der Waals surface area (Å²) in [6.07, 6.45) is -0.0428. The lowest BCUT2D eigenvalue weighted by Gasteiger charge is -2.34. The molecule has 8 heteroatoms. The Morgan fingerprint density at radius 1 is 1.22 bits per heavy atom. The first kappa shape index (κ1) is 19.8. The standard InChI is InChI=1S/C19H26ClN3O4/c1-3-26-19(25)23-11-9-22(10-12-23)13-14-5-4-6-15(17(14)20)27-16-7-8-21(2)18(16)24/h4-6,16H,3,7-13H2,1-2H3. The lowest BCUT2D eigenvalue weighted by atomic mass is 10.1. The Kier molecular flexibility index (Phi) is 6.44. The van der Waals surface area contributed by atoms with Crippen molar-refractivity contribution in [2.75, 3.05) is 46.4 Å². The van der Waals surface area contributed by atoms with E-state index >= 15 is 0 Å². The SMILES string of the molecule is CCOC(=O)N1CCN(Cc2cccc(OC3CCN(C)C3=O)c2Cl)CC1. The molecule has 0 saturated carbocycles. The molecule has 3 rings (SSSR count). The van der Waals surface area contributed by atoms with Crippen LogP contribution < -0.4 is 4.74 Å². The molecule has 148 valence electrons. The average Bonchev–Trinajstić information content (AvgIpc) is 2.98. The molecule has 0 aliphatic carbocycles. The van der Waals surface area contributed by atoms with Crippen LogP contribution in [0.15, 0.2) is 18.2 Å². The molecule has 2 saturated heterocycles. The van der Waals surface area contributed by atoms with E-state index in [4.69, 9.17) is 21.1 Å².